The molecule has 1 saturated heterocycles. The second kappa shape index (κ2) is 10.3. The Balaban J connectivity index is 1.57. The van der Waals surface area contributed by atoms with E-state index >= 15 is 0 Å². The summed E-state index contributed by atoms with van der Waals surface area (Å²) in [6.45, 7) is 2.56. The molecule has 0 aromatic heterocycles. The zero-order valence-electron chi connectivity index (χ0n) is 17.3. The summed E-state index contributed by atoms with van der Waals surface area (Å²) in [7, 11) is -3.61. The number of hydrogen-bond donors (Lipinski definition) is 2. The Kier molecular flexibility index (Phi) is 7.69. The minimum Gasteiger partial charge on any atom is -0.348 e. The summed E-state index contributed by atoms with van der Waals surface area (Å²) in [5.74, 6) is -1.57. The summed E-state index contributed by atoms with van der Waals surface area (Å²) in [5.41, 5.74) is 1.42. The number of carbonyl (C=O) groups is 2. The Morgan fingerprint density at radius 1 is 1.10 bits per heavy atom. The number of aryl methyl sites for hydroxylation is 1. The molecule has 1 aliphatic rings. The first kappa shape index (κ1) is 23.2. The molecule has 2 N–H and O–H groups in total. The highest BCUT2D eigenvalue weighted by atomic mass is 35.5. The van der Waals surface area contributed by atoms with E-state index in [4.69, 9.17) is 11.6 Å². The Morgan fingerprint density at radius 2 is 1.84 bits per heavy atom. The predicted octanol–water partition coefficient (Wildman–Crippen LogP) is 3.34. The average Bonchev–Trinajstić information content (AvgIpc) is 2.74. The van der Waals surface area contributed by atoms with Crippen molar-refractivity contribution in [1.29, 1.82) is 0 Å². The molecule has 1 aliphatic heterocycles. The lowest BCUT2D eigenvalue weighted by atomic mass is 10.0. The van der Waals surface area contributed by atoms with Crippen molar-refractivity contribution < 1.29 is 18.0 Å². The van der Waals surface area contributed by atoms with E-state index < -0.39 is 21.8 Å². The molecule has 2 aromatic carbocycles. The van der Waals surface area contributed by atoms with Crippen LogP contribution in [0.25, 0.3) is 0 Å². The number of halogens is 1. The zero-order valence-corrected chi connectivity index (χ0v) is 18.9. The van der Waals surface area contributed by atoms with Crippen molar-refractivity contribution in [3.8, 4) is 0 Å². The molecule has 0 unspecified atom stereocenters. The molecular formula is C22H26ClN3O4S. The fraction of sp³-hybridized carbons (Fsp3) is 0.364. The van der Waals surface area contributed by atoms with Gasteiger partial charge in [-0.25, -0.2) is 8.42 Å². The van der Waals surface area contributed by atoms with E-state index in [-0.39, 0.29) is 17.5 Å². The molecule has 31 heavy (non-hydrogen) atoms. The van der Waals surface area contributed by atoms with Crippen molar-refractivity contribution in [3.63, 3.8) is 0 Å². The zero-order chi connectivity index (χ0) is 22.4. The predicted molar refractivity (Wildman–Crippen MR) is 120 cm³/mol. The summed E-state index contributed by atoms with van der Waals surface area (Å²) >= 11 is 5.87. The highest BCUT2D eigenvalue weighted by Crippen LogP contribution is 2.27. The molecule has 166 valence electrons. The van der Waals surface area contributed by atoms with Gasteiger partial charge in [-0.2, -0.15) is 4.31 Å². The smallest absolute Gasteiger partial charge is 0.313 e. The minimum absolute atomic E-state index is 0.201. The standard InChI is InChI=1S/C22H26ClN3O4S/c1-16-8-10-20(11-9-16)31(29,30)26-14-3-2-7-19(26)12-13-24-21(27)22(28)25-18-6-4-5-17(23)15-18/h4-6,8-11,15,19H,2-3,7,12-14H2,1H3,(H,24,27)(H,25,28)/t19-/m1/s1. The Bertz CT molecular complexity index is 1040. The minimum atomic E-state index is -3.61. The van der Waals surface area contributed by atoms with Gasteiger partial charge in [-0.1, -0.05) is 41.8 Å². The van der Waals surface area contributed by atoms with Gasteiger partial charge in [-0.3, -0.25) is 9.59 Å². The van der Waals surface area contributed by atoms with Crippen LogP contribution in [0.5, 0.6) is 0 Å². The highest BCUT2D eigenvalue weighted by molar-refractivity contribution is 7.89. The molecular weight excluding hydrogens is 438 g/mol. The van der Waals surface area contributed by atoms with Crippen LogP contribution in [0.4, 0.5) is 5.69 Å². The first-order valence-corrected chi connectivity index (χ1v) is 12.0. The van der Waals surface area contributed by atoms with Crippen LogP contribution in [0.15, 0.2) is 53.4 Å². The summed E-state index contributed by atoms with van der Waals surface area (Å²) in [4.78, 5) is 24.5. The van der Waals surface area contributed by atoms with Gasteiger partial charge in [0.2, 0.25) is 10.0 Å². The van der Waals surface area contributed by atoms with Gasteiger partial charge in [0.25, 0.3) is 0 Å². The molecule has 1 atom stereocenters. The van der Waals surface area contributed by atoms with Crippen LogP contribution >= 0.6 is 11.6 Å². The van der Waals surface area contributed by atoms with Gasteiger partial charge in [0.15, 0.2) is 0 Å². The first-order valence-electron chi connectivity index (χ1n) is 10.2. The number of nitrogens with zero attached hydrogens (tertiary/aromatic N) is 1. The number of hydrogen-bond acceptors (Lipinski definition) is 4. The van der Waals surface area contributed by atoms with E-state index in [1.54, 1.807) is 48.5 Å². The molecule has 3 rings (SSSR count). The fourth-order valence-corrected chi connectivity index (χ4v) is 5.53. The number of benzene rings is 2. The third-order valence-corrected chi connectivity index (χ3v) is 7.45. The monoisotopic (exact) mass is 463 g/mol. The van der Waals surface area contributed by atoms with Gasteiger partial charge in [0, 0.05) is 29.8 Å². The largest absolute Gasteiger partial charge is 0.348 e. The second-order valence-corrected chi connectivity index (χ2v) is 9.91. The molecule has 1 heterocycles. The second-order valence-electron chi connectivity index (χ2n) is 7.59. The van der Waals surface area contributed by atoms with E-state index in [9.17, 15) is 18.0 Å². The van der Waals surface area contributed by atoms with Crippen LogP contribution in [0.2, 0.25) is 5.02 Å². The summed E-state index contributed by atoms with van der Waals surface area (Å²) < 4.78 is 27.7. The van der Waals surface area contributed by atoms with E-state index in [1.807, 2.05) is 6.92 Å². The Hall–Kier alpha value is -2.42. The molecule has 0 radical (unpaired) electrons. The quantitative estimate of drug-likeness (QED) is 0.642. The van der Waals surface area contributed by atoms with Crippen molar-refractivity contribution in [1.82, 2.24) is 9.62 Å². The van der Waals surface area contributed by atoms with Gasteiger partial charge in [-0.05, 0) is 56.5 Å². The van der Waals surface area contributed by atoms with Crippen molar-refractivity contribution in [2.45, 2.75) is 43.5 Å². The molecule has 2 amide bonds. The number of anilines is 1. The van der Waals surface area contributed by atoms with E-state index in [0.29, 0.717) is 23.7 Å². The molecule has 1 fully saturated rings. The lowest BCUT2D eigenvalue weighted by molar-refractivity contribution is -0.136. The number of piperidine rings is 1. The fourth-order valence-electron chi connectivity index (χ4n) is 3.61. The Labute approximate surface area is 187 Å². The SMILES string of the molecule is Cc1ccc(S(=O)(=O)N2CCCC[C@@H]2CCNC(=O)C(=O)Nc2cccc(Cl)c2)cc1. The van der Waals surface area contributed by atoms with Crippen LogP contribution in [-0.2, 0) is 19.6 Å². The van der Waals surface area contributed by atoms with E-state index in [1.165, 1.54) is 4.31 Å². The molecule has 0 saturated carbocycles. The molecule has 7 nitrogen and oxygen atoms in total. The van der Waals surface area contributed by atoms with Crippen LogP contribution < -0.4 is 10.6 Å². The maximum atomic E-state index is 13.1. The number of sulfonamides is 1. The van der Waals surface area contributed by atoms with Crippen molar-refractivity contribution in [3.05, 3.63) is 59.1 Å². The lowest BCUT2D eigenvalue weighted by Crippen LogP contribution is -2.45. The third kappa shape index (κ3) is 6.06. The Morgan fingerprint density at radius 3 is 2.55 bits per heavy atom. The molecule has 0 aliphatic carbocycles. The molecule has 0 bridgehead atoms. The molecule has 9 heteroatoms. The topological polar surface area (TPSA) is 95.6 Å². The number of rotatable bonds is 6. The lowest BCUT2D eigenvalue weighted by Gasteiger charge is -2.34. The normalized spacial score (nSPS) is 17.2. The number of amides is 2. The van der Waals surface area contributed by atoms with Crippen LogP contribution in [0.1, 0.15) is 31.2 Å². The molecule has 0 spiro atoms. The van der Waals surface area contributed by atoms with E-state index in [0.717, 1.165) is 24.8 Å². The number of carbonyl (C=O) groups excluding carboxylic acids is 2. The van der Waals surface area contributed by atoms with E-state index in [2.05, 4.69) is 10.6 Å². The summed E-state index contributed by atoms with van der Waals surface area (Å²) in [6, 6.07) is 13.1. The van der Waals surface area contributed by atoms with Gasteiger partial charge in [0.1, 0.15) is 0 Å². The third-order valence-electron chi connectivity index (χ3n) is 5.25. The first-order chi connectivity index (χ1) is 14.8. The van der Waals surface area contributed by atoms with Crippen molar-refractivity contribution in [2.24, 2.45) is 0 Å². The molecule has 2 aromatic rings. The summed E-state index contributed by atoms with van der Waals surface area (Å²) in [6.07, 6.45) is 2.88. The van der Waals surface area contributed by atoms with Gasteiger partial charge >= 0.3 is 11.8 Å². The highest BCUT2D eigenvalue weighted by Gasteiger charge is 2.33. The summed E-state index contributed by atoms with van der Waals surface area (Å²) in [5, 5.41) is 5.52. The van der Waals surface area contributed by atoms with Crippen LogP contribution in [0, 0.1) is 6.92 Å². The maximum absolute atomic E-state index is 13.1. The van der Waals surface area contributed by atoms with Gasteiger partial charge in [0.05, 0.1) is 4.90 Å². The van der Waals surface area contributed by atoms with Crippen molar-refractivity contribution in [2.75, 3.05) is 18.4 Å². The average molecular weight is 464 g/mol. The number of nitrogens with one attached hydrogen (secondary N) is 2. The van der Waals surface area contributed by atoms with Crippen LogP contribution in [-0.4, -0.2) is 43.7 Å². The van der Waals surface area contributed by atoms with Crippen molar-refractivity contribution >= 4 is 39.1 Å². The van der Waals surface area contributed by atoms with Crippen LogP contribution in [0.3, 0.4) is 0 Å². The van der Waals surface area contributed by atoms with Gasteiger partial charge < -0.3 is 10.6 Å². The maximum Gasteiger partial charge on any atom is 0.313 e. The van der Waals surface area contributed by atoms with Gasteiger partial charge in [-0.15, -0.1) is 0 Å².